The summed E-state index contributed by atoms with van der Waals surface area (Å²) in [7, 11) is 0. The summed E-state index contributed by atoms with van der Waals surface area (Å²) in [5, 5.41) is 10.3. The third-order valence-corrected chi connectivity index (χ3v) is 11.3. The summed E-state index contributed by atoms with van der Waals surface area (Å²) in [6.45, 7) is 10.8. The molecule has 168 valence electrons. The van der Waals surface area contributed by atoms with Gasteiger partial charge in [0.1, 0.15) is 0 Å². The van der Waals surface area contributed by atoms with Crippen molar-refractivity contribution in [1.29, 1.82) is 0 Å². The molecule has 3 heteroatoms. The predicted octanol–water partition coefficient (Wildman–Crippen LogP) is 5.71. The van der Waals surface area contributed by atoms with E-state index < -0.39 is 0 Å². The van der Waals surface area contributed by atoms with Gasteiger partial charge in [0.25, 0.3) is 0 Å². The Balaban J connectivity index is 1.28. The summed E-state index contributed by atoms with van der Waals surface area (Å²) >= 11 is 0. The molecule has 6 rings (SSSR count). The molecular formula is C27H42O3. The van der Waals surface area contributed by atoms with E-state index in [1.54, 1.807) is 5.57 Å². The largest absolute Gasteiger partial charge is 0.393 e. The van der Waals surface area contributed by atoms with Gasteiger partial charge >= 0.3 is 0 Å². The van der Waals surface area contributed by atoms with Crippen LogP contribution < -0.4 is 0 Å². The smallest absolute Gasteiger partial charge is 0.171 e. The fourth-order valence-electron chi connectivity index (χ4n) is 9.66. The molecule has 0 aromatic carbocycles. The third-order valence-electron chi connectivity index (χ3n) is 11.3. The average Bonchev–Trinajstić information content (AvgIpc) is 3.16. The monoisotopic (exact) mass is 414 g/mol. The van der Waals surface area contributed by atoms with E-state index in [4.69, 9.17) is 9.47 Å². The molecule has 3 nitrogen and oxygen atoms in total. The van der Waals surface area contributed by atoms with Gasteiger partial charge in [0.2, 0.25) is 0 Å². The molecular weight excluding hydrogens is 372 g/mol. The van der Waals surface area contributed by atoms with Crippen molar-refractivity contribution < 1.29 is 14.6 Å². The lowest BCUT2D eigenvalue weighted by atomic mass is 9.47. The highest BCUT2D eigenvalue weighted by Crippen LogP contribution is 2.70. The fourth-order valence-corrected chi connectivity index (χ4v) is 9.66. The Morgan fingerprint density at radius 3 is 2.63 bits per heavy atom. The minimum absolute atomic E-state index is 0.107. The SMILES string of the molecule is C[C@@H]1CC[C@]2(OC1)O[C@@H]1C[C@@H]3[C@@H]4CC=C5C[C@H](O)CC[C@]5(C)[C@H]4CC[C@]3(C)[C@@H]1[C@H]2C. The Kier molecular flexibility index (Phi) is 4.44. The van der Waals surface area contributed by atoms with E-state index in [1.807, 2.05) is 0 Å². The molecule has 30 heavy (non-hydrogen) atoms. The highest BCUT2D eigenvalue weighted by molar-refractivity contribution is 5.26. The minimum Gasteiger partial charge on any atom is -0.393 e. The van der Waals surface area contributed by atoms with Gasteiger partial charge in [-0.1, -0.05) is 39.3 Å². The quantitative estimate of drug-likeness (QED) is 0.516. The van der Waals surface area contributed by atoms with E-state index >= 15 is 0 Å². The lowest BCUT2D eigenvalue weighted by molar-refractivity contribution is -0.272. The van der Waals surface area contributed by atoms with E-state index in [0.717, 1.165) is 43.6 Å². The lowest BCUT2D eigenvalue weighted by Crippen LogP contribution is -2.52. The Morgan fingerprint density at radius 2 is 1.87 bits per heavy atom. The fraction of sp³-hybridized carbons (Fsp3) is 0.926. The Labute approximate surface area is 183 Å². The number of ether oxygens (including phenoxy) is 2. The van der Waals surface area contributed by atoms with Gasteiger partial charge in [-0.2, -0.15) is 0 Å². The molecule has 0 unspecified atom stereocenters. The number of rotatable bonds is 0. The second-order valence-corrected chi connectivity index (χ2v) is 12.7. The number of fused-ring (bicyclic) bond motifs is 7. The molecule has 0 aromatic heterocycles. The predicted molar refractivity (Wildman–Crippen MR) is 118 cm³/mol. The molecule has 0 radical (unpaired) electrons. The Hall–Kier alpha value is -0.380. The summed E-state index contributed by atoms with van der Waals surface area (Å²) in [5.41, 5.74) is 2.31. The van der Waals surface area contributed by atoms with Crippen LogP contribution in [0.1, 0.15) is 85.5 Å². The number of aliphatic hydroxyl groups is 1. The van der Waals surface area contributed by atoms with Gasteiger partial charge in [0, 0.05) is 12.3 Å². The van der Waals surface area contributed by atoms with Crippen LogP contribution in [-0.2, 0) is 9.47 Å². The second kappa shape index (κ2) is 6.58. The number of hydrogen-bond acceptors (Lipinski definition) is 3. The van der Waals surface area contributed by atoms with Crippen molar-refractivity contribution >= 4 is 0 Å². The van der Waals surface area contributed by atoms with Crippen molar-refractivity contribution in [3.8, 4) is 0 Å². The first-order valence-corrected chi connectivity index (χ1v) is 13.0. The molecule has 0 bridgehead atoms. The zero-order valence-corrected chi connectivity index (χ0v) is 19.5. The first-order chi connectivity index (χ1) is 14.3. The molecule has 0 aromatic rings. The summed E-state index contributed by atoms with van der Waals surface area (Å²) in [6.07, 6.45) is 13.5. The van der Waals surface area contributed by atoms with Crippen LogP contribution in [0.25, 0.3) is 0 Å². The maximum absolute atomic E-state index is 10.3. The molecule has 2 aliphatic heterocycles. The molecule has 1 N–H and O–H groups in total. The number of allylic oxidation sites excluding steroid dienone is 1. The second-order valence-electron chi connectivity index (χ2n) is 12.7. The maximum Gasteiger partial charge on any atom is 0.171 e. The summed E-state index contributed by atoms with van der Waals surface area (Å²) in [6, 6.07) is 0. The summed E-state index contributed by atoms with van der Waals surface area (Å²) in [5.74, 6) is 3.94. The van der Waals surface area contributed by atoms with Crippen LogP contribution in [0.5, 0.6) is 0 Å². The van der Waals surface area contributed by atoms with Gasteiger partial charge in [0.05, 0.1) is 18.8 Å². The normalized spacial score (nSPS) is 59.8. The minimum atomic E-state index is -0.294. The van der Waals surface area contributed by atoms with Crippen molar-refractivity contribution in [2.24, 2.45) is 46.3 Å². The summed E-state index contributed by atoms with van der Waals surface area (Å²) in [4.78, 5) is 0. The van der Waals surface area contributed by atoms with E-state index in [-0.39, 0.29) is 11.9 Å². The molecule has 2 saturated heterocycles. The standard InChI is InChI=1S/C27H42O3/c1-16-7-12-27(29-15-16)17(2)24-23(30-27)14-22-20-6-5-18-13-19(28)8-10-25(18,3)21(20)9-11-26(22,24)4/h5,16-17,19-24,28H,6-15H2,1-4H3/t16-,17-,19-,20-,21+,22-,23-,24-,25+,26+,27+/m1/s1. The molecule has 11 atom stereocenters. The Morgan fingerprint density at radius 1 is 1.03 bits per heavy atom. The van der Waals surface area contributed by atoms with E-state index in [1.165, 1.54) is 38.5 Å². The molecule has 4 aliphatic carbocycles. The molecule has 2 heterocycles. The first-order valence-electron chi connectivity index (χ1n) is 13.0. The molecule has 5 fully saturated rings. The van der Waals surface area contributed by atoms with Crippen LogP contribution in [0.2, 0.25) is 0 Å². The van der Waals surface area contributed by atoms with Gasteiger partial charge in [-0.3, -0.25) is 0 Å². The number of aliphatic hydroxyl groups excluding tert-OH is 1. The van der Waals surface area contributed by atoms with Crippen LogP contribution in [0.3, 0.4) is 0 Å². The van der Waals surface area contributed by atoms with Crippen LogP contribution in [-0.4, -0.2) is 29.7 Å². The van der Waals surface area contributed by atoms with Crippen LogP contribution >= 0.6 is 0 Å². The van der Waals surface area contributed by atoms with Crippen molar-refractivity contribution in [3.05, 3.63) is 11.6 Å². The van der Waals surface area contributed by atoms with Crippen molar-refractivity contribution in [2.45, 2.75) is 103 Å². The Bertz CT molecular complexity index is 736. The highest BCUT2D eigenvalue weighted by atomic mass is 16.7. The lowest BCUT2D eigenvalue weighted by Gasteiger charge is -2.58. The first kappa shape index (κ1) is 20.2. The summed E-state index contributed by atoms with van der Waals surface area (Å²) < 4.78 is 13.3. The third kappa shape index (κ3) is 2.55. The topological polar surface area (TPSA) is 38.7 Å². The van der Waals surface area contributed by atoms with Crippen molar-refractivity contribution in [3.63, 3.8) is 0 Å². The van der Waals surface area contributed by atoms with Crippen molar-refractivity contribution in [2.75, 3.05) is 6.61 Å². The van der Waals surface area contributed by atoms with Gasteiger partial charge < -0.3 is 14.6 Å². The molecule has 6 aliphatic rings. The van der Waals surface area contributed by atoms with E-state index in [9.17, 15) is 5.11 Å². The zero-order chi connectivity index (χ0) is 20.9. The van der Waals surface area contributed by atoms with Gasteiger partial charge in [0.15, 0.2) is 5.79 Å². The maximum atomic E-state index is 10.3. The zero-order valence-electron chi connectivity index (χ0n) is 19.5. The molecule has 0 amide bonds. The molecule has 3 saturated carbocycles. The molecule has 1 spiro atoms. The average molecular weight is 415 g/mol. The van der Waals surface area contributed by atoms with E-state index in [0.29, 0.717) is 34.7 Å². The van der Waals surface area contributed by atoms with Crippen molar-refractivity contribution in [1.82, 2.24) is 0 Å². The van der Waals surface area contributed by atoms with Gasteiger partial charge in [-0.05, 0) is 91.8 Å². The van der Waals surface area contributed by atoms with Crippen LogP contribution in [0.4, 0.5) is 0 Å². The van der Waals surface area contributed by atoms with Gasteiger partial charge in [-0.25, -0.2) is 0 Å². The highest BCUT2D eigenvalue weighted by Gasteiger charge is 2.68. The number of hydrogen-bond donors (Lipinski definition) is 1. The van der Waals surface area contributed by atoms with Crippen LogP contribution in [0, 0.1) is 46.3 Å². The van der Waals surface area contributed by atoms with Crippen LogP contribution in [0.15, 0.2) is 11.6 Å². The van der Waals surface area contributed by atoms with E-state index in [2.05, 4.69) is 33.8 Å². The van der Waals surface area contributed by atoms with Gasteiger partial charge in [-0.15, -0.1) is 0 Å².